The molecule has 0 aliphatic carbocycles. The highest BCUT2D eigenvalue weighted by atomic mass is 35.5. The highest BCUT2D eigenvalue weighted by Crippen LogP contribution is 2.25. The third-order valence-electron chi connectivity index (χ3n) is 2.55. The first-order valence-corrected chi connectivity index (χ1v) is 6.03. The minimum Gasteiger partial charge on any atom is -0.496 e. The summed E-state index contributed by atoms with van der Waals surface area (Å²) in [4.78, 5) is 11.4. The molecule has 0 saturated carbocycles. The van der Waals surface area contributed by atoms with Crippen LogP contribution in [0.3, 0.4) is 0 Å². The summed E-state index contributed by atoms with van der Waals surface area (Å²) < 4.78 is 10.2. The van der Waals surface area contributed by atoms with E-state index in [1.165, 1.54) is 0 Å². The van der Waals surface area contributed by atoms with E-state index >= 15 is 0 Å². The summed E-state index contributed by atoms with van der Waals surface area (Å²) in [6.45, 7) is 4.13. The van der Waals surface area contributed by atoms with Crippen molar-refractivity contribution in [3.05, 3.63) is 28.8 Å². The van der Waals surface area contributed by atoms with E-state index in [0.717, 1.165) is 22.4 Å². The molecule has 0 radical (unpaired) electrons. The fourth-order valence-corrected chi connectivity index (χ4v) is 1.92. The molecule has 3 nitrogen and oxygen atoms in total. The van der Waals surface area contributed by atoms with Crippen LogP contribution in [0.2, 0.25) is 0 Å². The molecule has 0 saturated heterocycles. The third-order valence-corrected chi connectivity index (χ3v) is 2.83. The van der Waals surface area contributed by atoms with Gasteiger partial charge in [0.1, 0.15) is 5.75 Å². The van der Waals surface area contributed by atoms with Crippen LogP contribution in [-0.4, -0.2) is 19.7 Å². The Morgan fingerprint density at radius 3 is 2.65 bits per heavy atom. The number of carbonyl (C=O) groups is 1. The molecule has 0 fully saturated rings. The molecule has 4 heteroatoms. The van der Waals surface area contributed by atoms with Gasteiger partial charge in [-0.25, -0.2) is 0 Å². The van der Waals surface area contributed by atoms with Gasteiger partial charge in [0, 0.05) is 5.88 Å². The Morgan fingerprint density at radius 1 is 1.41 bits per heavy atom. The molecular weight excluding hydrogens is 240 g/mol. The van der Waals surface area contributed by atoms with E-state index < -0.39 is 0 Å². The molecule has 0 aromatic heterocycles. The van der Waals surface area contributed by atoms with E-state index in [9.17, 15) is 4.79 Å². The van der Waals surface area contributed by atoms with Gasteiger partial charge in [0.15, 0.2) is 0 Å². The van der Waals surface area contributed by atoms with Gasteiger partial charge >= 0.3 is 5.97 Å². The summed E-state index contributed by atoms with van der Waals surface area (Å²) >= 11 is 5.86. The maximum absolute atomic E-state index is 11.4. The smallest absolute Gasteiger partial charge is 0.310 e. The van der Waals surface area contributed by atoms with E-state index in [2.05, 4.69) is 0 Å². The number of esters is 1. The number of carbonyl (C=O) groups excluding carboxylic acids is 1. The van der Waals surface area contributed by atoms with Gasteiger partial charge in [-0.2, -0.15) is 0 Å². The molecule has 0 aliphatic rings. The van der Waals surface area contributed by atoms with Crippen molar-refractivity contribution >= 4 is 17.6 Å². The Hall–Kier alpha value is -1.22. The first kappa shape index (κ1) is 13.8. The number of rotatable bonds is 5. The van der Waals surface area contributed by atoms with Gasteiger partial charge in [-0.1, -0.05) is 6.07 Å². The quantitative estimate of drug-likeness (QED) is 0.600. The number of benzene rings is 1. The lowest BCUT2D eigenvalue weighted by Crippen LogP contribution is -2.08. The summed E-state index contributed by atoms with van der Waals surface area (Å²) in [7, 11) is 1.61. The monoisotopic (exact) mass is 256 g/mol. The zero-order chi connectivity index (χ0) is 12.8. The van der Waals surface area contributed by atoms with Crippen molar-refractivity contribution in [2.45, 2.75) is 26.1 Å². The topological polar surface area (TPSA) is 35.5 Å². The first-order chi connectivity index (χ1) is 8.12. The number of halogens is 1. The predicted octanol–water partition coefficient (Wildman–Crippen LogP) is 2.85. The van der Waals surface area contributed by atoms with E-state index in [1.807, 2.05) is 19.1 Å². The van der Waals surface area contributed by atoms with E-state index in [0.29, 0.717) is 12.5 Å². The van der Waals surface area contributed by atoms with Crippen LogP contribution >= 0.6 is 11.6 Å². The third kappa shape index (κ3) is 3.63. The lowest BCUT2D eigenvalue weighted by atomic mass is 10.0. The molecule has 0 unspecified atom stereocenters. The lowest BCUT2D eigenvalue weighted by Gasteiger charge is -2.11. The number of methoxy groups -OCH3 is 1. The molecule has 0 amide bonds. The van der Waals surface area contributed by atoms with Crippen LogP contribution in [0.15, 0.2) is 12.1 Å². The second-order valence-corrected chi connectivity index (χ2v) is 3.96. The Bertz CT molecular complexity index is 377. The maximum atomic E-state index is 11.4. The standard InChI is InChI=1S/C13H17ClO3/c1-4-17-13(15)7-10-5-11(8-14)9(2)12(6-10)16-3/h5-6H,4,7-8H2,1-3H3. The molecule has 0 heterocycles. The van der Waals surface area contributed by atoms with Gasteiger partial charge in [-0.3, -0.25) is 4.79 Å². The second-order valence-electron chi connectivity index (χ2n) is 3.70. The number of hydrogen-bond donors (Lipinski definition) is 0. The normalized spacial score (nSPS) is 10.1. The summed E-state index contributed by atoms with van der Waals surface area (Å²) in [6.07, 6.45) is 0.244. The minimum absolute atomic E-state index is 0.237. The van der Waals surface area contributed by atoms with Crippen LogP contribution < -0.4 is 4.74 Å². The summed E-state index contributed by atoms with van der Waals surface area (Å²) in [5, 5.41) is 0. The van der Waals surface area contributed by atoms with Crippen LogP contribution in [0.4, 0.5) is 0 Å². The predicted molar refractivity (Wildman–Crippen MR) is 67.6 cm³/mol. The fourth-order valence-electron chi connectivity index (χ4n) is 1.64. The van der Waals surface area contributed by atoms with Crippen LogP contribution in [0, 0.1) is 6.92 Å². The van der Waals surface area contributed by atoms with Crippen molar-refractivity contribution in [3.63, 3.8) is 0 Å². The number of ether oxygens (including phenoxy) is 2. The van der Waals surface area contributed by atoms with Crippen molar-refractivity contribution < 1.29 is 14.3 Å². The molecule has 0 spiro atoms. The molecule has 94 valence electrons. The molecule has 1 rings (SSSR count). The molecule has 0 atom stereocenters. The molecule has 17 heavy (non-hydrogen) atoms. The second kappa shape index (κ2) is 6.50. The van der Waals surface area contributed by atoms with Gasteiger partial charge in [0.25, 0.3) is 0 Å². The number of alkyl halides is 1. The van der Waals surface area contributed by atoms with Crippen LogP contribution in [0.25, 0.3) is 0 Å². The summed E-state index contributed by atoms with van der Waals surface area (Å²) in [5.41, 5.74) is 2.85. The van der Waals surface area contributed by atoms with E-state index in [-0.39, 0.29) is 12.4 Å². The van der Waals surface area contributed by atoms with Crippen molar-refractivity contribution in [1.29, 1.82) is 0 Å². The van der Waals surface area contributed by atoms with Crippen LogP contribution in [-0.2, 0) is 21.8 Å². The molecule has 1 aromatic rings. The van der Waals surface area contributed by atoms with Crippen molar-refractivity contribution in [3.8, 4) is 5.75 Å². The zero-order valence-electron chi connectivity index (χ0n) is 10.4. The lowest BCUT2D eigenvalue weighted by molar-refractivity contribution is -0.142. The highest BCUT2D eigenvalue weighted by Gasteiger charge is 2.10. The summed E-state index contributed by atoms with van der Waals surface area (Å²) in [5.74, 6) is 0.917. The average Bonchev–Trinajstić information content (AvgIpc) is 2.31. The SMILES string of the molecule is CCOC(=O)Cc1cc(CCl)c(C)c(OC)c1. The van der Waals surface area contributed by atoms with Crippen molar-refractivity contribution in [2.24, 2.45) is 0 Å². The van der Waals surface area contributed by atoms with Gasteiger partial charge in [-0.05, 0) is 36.6 Å². The van der Waals surface area contributed by atoms with Gasteiger partial charge in [0.05, 0.1) is 20.1 Å². The first-order valence-electron chi connectivity index (χ1n) is 5.50. The molecular formula is C13H17ClO3. The Labute approximate surface area is 107 Å². The zero-order valence-corrected chi connectivity index (χ0v) is 11.1. The molecule has 0 bridgehead atoms. The maximum Gasteiger partial charge on any atom is 0.310 e. The van der Waals surface area contributed by atoms with E-state index in [1.54, 1.807) is 14.0 Å². The molecule has 0 N–H and O–H groups in total. The van der Waals surface area contributed by atoms with Gasteiger partial charge in [-0.15, -0.1) is 11.6 Å². The average molecular weight is 257 g/mol. The van der Waals surface area contributed by atoms with Crippen molar-refractivity contribution in [1.82, 2.24) is 0 Å². The summed E-state index contributed by atoms with van der Waals surface area (Å²) in [6, 6.07) is 3.77. The Kier molecular flexibility index (Phi) is 5.29. The van der Waals surface area contributed by atoms with Crippen molar-refractivity contribution in [2.75, 3.05) is 13.7 Å². The molecule has 1 aromatic carbocycles. The van der Waals surface area contributed by atoms with E-state index in [4.69, 9.17) is 21.1 Å². The van der Waals surface area contributed by atoms with Crippen LogP contribution in [0.1, 0.15) is 23.6 Å². The van der Waals surface area contributed by atoms with Crippen LogP contribution in [0.5, 0.6) is 5.75 Å². The molecule has 0 aliphatic heterocycles. The highest BCUT2D eigenvalue weighted by molar-refractivity contribution is 6.17. The minimum atomic E-state index is -0.237. The number of hydrogen-bond acceptors (Lipinski definition) is 3. The Morgan fingerprint density at radius 2 is 2.12 bits per heavy atom. The fraction of sp³-hybridized carbons (Fsp3) is 0.462. The Balaban J connectivity index is 2.96. The van der Waals surface area contributed by atoms with Gasteiger partial charge in [0.2, 0.25) is 0 Å². The largest absolute Gasteiger partial charge is 0.496 e. The van der Waals surface area contributed by atoms with Gasteiger partial charge < -0.3 is 9.47 Å².